The minimum Gasteiger partial charge on any atom is -0.387 e. The molecule has 0 bridgehead atoms. The fourth-order valence-corrected chi connectivity index (χ4v) is 9.28. The van der Waals surface area contributed by atoms with Crippen LogP contribution in [0.1, 0.15) is 72.2 Å². The summed E-state index contributed by atoms with van der Waals surface area (Å²) in [5.74, 6) is 0. The quantitative estimate of drug-likeness (QED) is 0.165. The molecule has 3 aliphatic heterocycles. The van der Waals surface area contributed by atoms with Crippen LogP contribution in [0.25, 0.3) is 49.9 Å². The topological polar surface area (TPSA) is 29.0 Å². The van der Waals surface area contributed by atoms with Crippen LogP contribution < -0.4 is 10.6 Å². The fraction of sp³-hybridized carbons (Fsp3) is 0.176. The lowest BCUT2D eigenvalue weighted by Crippen LogP contribution is -2.33. The number of nitrogens with zero attached hydrogens (tertiary/aromatic N) is 1. The third-order valence-electron chi connectivity index (χ3n) is 12.3. The Bertz CT molecular complexity index is 2700. The molecule has 264 valence electrons. The molecule has 54 heavy (non-hydrogen) atoms. The Labute approximate surface area is 318 Å². The van der Waals surface area contributed by atoms with Crippen molar-refractivity contribution in [2.75, 3.05) is 6.54 Å². The van der Waals surface area contributed by atoms with E-state index in [9.17, 15) is 0 Å². The van der Waals surface area contributed by atoms with E-state index in [1.54, 1.807) is 0 Å². The molecule has 7 aromatic rings. The monoisotopic (exact) mass is 699 g/mol. The molecule has 6 aromatic carbocycles. The van der Waals surface area contributed by atoms with E-state index in [2.05, 4.69) is 195 Å². The Morgan fingerprint density at radius 2 is 1.33 bits per heavy atom. The van der Waals surface area contributed by atoms with Crippen LogP contribution in [-0.2, 0) is 23.8 Å². The smallest absolute Gasteiger partial charge is 0.0582 e. The molecule has 0 aliphatic carbocycles. The van der Waals surface area contributed by atoms with Gasteiger partial charge >= 0.3 is 0 Å². The highest BCUT2D eigenvalue weighted by atomic mass is 15.0. The minimum atomic E-state index is -0.134. The molecule has 3 heteroatoms. The number of dihydropyridines is 1. The highest BCUT2D eigenvalue weighted by molar-refractivity contribution is 6.15. The van der Waals surface area contributed by atoms with Gasteiger partial charge in [-0.2, -0.15) is 0 Å². The van der Waals surface area contributed by atoms with Gasteiger partial charge in [0.05, 0.1) is 16.7 Å². The second-order valence-electron chi connectivity index (χ2n) is 16.3. The lowest BCUT2D eigenvalue weighted by molar-refractivity contribution is 0.594. The van der Waals surface area contributed by atoms with Gasteiger partial charge < -0.3 is 15.2 Å². The molecule has 0 saturated carbocycles. The van der Waals surface area contributed by atoms with Crippen molar-refractivity contribution in [3.63, 3.8) is 0 Å². The summed E-state index contributed by atoms with van der Waals surface area (Å²) in [5, 5.41) is 9.79. The van der Waals surface area contributed by atoms with E-state index >= 15 is 0 Å². The van der Waals surface area contributed by atoms with E-state index < -0.39 is 0 Å². The first-order valence-electron chi connectivity index (χ1n) is 19.3. The standard InChI is InChI=1S/C51H45N3/c1-50(2)42-15-8-14-40-41-29-39(30-45-48(41)54(47(40)42)49-43(50)16-9-17-44(49)51(45,3)4)36-21-18-33(19-22-36)20-27-46(53-31-34-11-6-5-7-12-34)37-25-23-35(24-26-37)38-13-10-28-52-32-38/h5-19,21-27,29-30,32,52-53H,20,28,31H2,1-4H3/b46-27-. The van der Waals surface area contributed by atoms with Crippen LogP contribution in [0, 0.1) is 0 Å². The lowest BCUT2D eigenvalue weighted by Gasteiger charge is -2.42. The number of rotatable bonds is 8. The molecule has 0 saturated heterocycles. The molecular weight excluding hydrogens is 655 g/mol. The first-order chi connectivity index (χ1) is 26.3. The number of nitrogens with one attached hydrogen (secondary N) is 2. The van der Waals surface area contributed by atoms with Gasteiger partial charge in [-0.3, -0.25) is 0 Å². The fourth-order valence-electron chi connectivity index (χ4n) is 9.28. The molecule has 0 spiro atoms. The van der Waals surface area contributed by atoms with Crippen molar-refractivity contribution < 1.29 is 0 Å². The number of hydrogen-bond donors (Lipinski definition) is 2. The zero-order valence-electron chi connectivity index (χ0n) is 31.5. The van der Waals surface area contributed by atoms with Crippen LogP contribution in [0.2, 0.25) is 0 Å². The van der Waals surface area contributed by atoms with Crippen molar-refractivity contribution in [3.05, 3.63) is 196 Å². The van der Waals surface area contributed by atoms with Crippen molar-refractivity contribution in [2.45, 2.75) is 51.5 Å². The zero-order valence-corrected chi connectivity index (χ0v) is 31.5. The Morgan fingerprint density at radius 3 is 2.07 bits per heavy atom. The summed E-state index contributed by atoms with van der Waals surface area (Å²) in [6.45, 7) is 11.3. The molecule has 3 nitrogen and oxygen atoms in total. The third-order valence-corrected chi connectivity index (χ3v) is 12.3. The van der Waals surface area contributed by atoms with E-state index in [-0.39, 0.29) is 10.8 Å². The van der Waals surface area contributed by atoms with Crippen LogP contribution in [0.15, 0.2) is 152 Å². The molecule has 2 N–H and O–H groups in total. The van der Waals surface area contributed by atoms with Crippen molar-refractivity contribution in [1.29, 1.82) is 0 Å². The van der Waals surface area contributed by atoms with Crippen LogP contribution in [0.5, 0.6) is 0 Å². The van der Waals surface area contributed by atoms with Gasteiger partial charge in [-0.1, -0.05) is 161 Å². The lowest BCUT2D eigenvalue weighted by atomic mass is 9.68. The van der Waals surface area contributed by atoms with E-state index in [4.69, 9.17) is 0 Å². The first-order valence-corrected chi connectivity index (χ1v) is 19.3. The molecule has 1 aromatic heterocycles. The van der Waals surface area contributed by atoms with E-state index in [0.29, 0.717) is 0 Å². The Morgan fingerprint density at radius 1 is 0.648 bits per heavy atom. The number of benzene rings is 6. The van der Waals surface area contributed by atoms with Crippen LogP contribution in [0.3, 0.4) is 0 Å². The largest absolute Gasteiger partial charge is 0.387 e. The highest BCUT2D eigenvalue weighted by Gasteiger charge is 2.43. The summed E-state index contributed by atoms with van der Waals surface area (Å²) >= 11 is 0. The summed E-state index contributed by atoms with van der Waals surface area (Å²) in [4.78, 5) is 0. The summed E-state index contributed by atoms with van der Waals surface area (Å²) < 4.78 is 2.61. The first kappa shape index (κ1) is 32.6. The Hall–Kier alpha value is -6.06. The molecule has 10 rings (SSSR count). The van der Waals surface area contributed by atoms with E-state index in [1.165, 1.54) is 88.7 Å². The SMILES string of the molecule is CC1(C)c2cccc3c2-n2c4c1cccc4c1cc(-c4ccc(C/C=C(\NCc5ccccc5)c5ccc(C6=CNCC=C6)cc5)cc4)cc(c12)C3(C)C. The van der Waals surface area contributed by atoms with Gasteiger partial charge in [0.2, 0.25) is 0 Å². The van der Waals surface area contributed by atoms with Crippen molar-refractivity contribution in [1.82, 2.24) is 15.2 Å². The number of aromatic nitrogens is 1. The second kappa shape index (κ2) is 12.2. The molecule has 4 heterocycles. The van der Waals surface area contributed by atoms with Gasteiger partial charge in [0.15, 0.2) is 0 Å². The Balaban J connectivity index is 1.01. The number of allylic oxidation sites excluding steroid dienone is 3. The molecule has 0 amide bonds. The maximum atomic E-state index is 3.76. The average molecular weight is 700 g/mol. The number of para-hydroxylation sites is 2. The summed E-state index contributed by atoms with van der Waals surface area (Å²) in [5.41, 5.74) is 19.4. The number of hydrogen-bond acceptors (Lipinski definition) is 2. The Kier molecular flexibility index (Phi) is 7.39. The summed E-state index contributed by atoms with van der Waals surface area (Å²) in [6, 6.07) is 47.6. The average Bonchev–Trinajstić information content (AvgIpc) is 3.55. The van der Waals surface area contributed by atoms with Crippen LogP contribution >= 0.6 is 0 Å². The van der Waals surface area contributed by atoms with E-state index in [0.717, 1.165) is 25.2 Å². The van der Waals surface area contributed by atoms with Gasteiger partial charge in [-0.05, 0) is 79.8 Å². The summed E-state index contributed by atoms with van der Waals surface area (Å²) in [7, 11) is 0. The predicted octanol–water partition coefficient (Wildman–Crippen LogP) is 11.6. The van der Waals surface area contributed by atoms with Gasteiger partial charge in [0, 0.05) is 46.6 Å². The van der Waals surface area contributed by atoms with Crippen LogP contribution in [-0.4, -0.2) is 11.1 Å². The highest BCUT2D eigenvalue weighted by Crippen LogP contribution is 2.55. The zero-order chi connectivity index (χ0) is 36.6. The number of fused-ring (bicyclic) bond motifs is 1. The maximum absolute atomic E-state index is 3.76. The maximum Gasteiger partial charge on any atom is 0.0582 e. The molecule has 0 unspecified atom stereocenters. The van der Waals surface area contributed by atoms with Gasteiger partial charge in [-0.25, -0.2) is 0 Å². The second-order valence-corrected chi connectivity index (χ2v) is 16.3. The molecule has 0 fully saturated rings. The van der Waals surface area contributed by atoms with E-state index in [1.807, 2.05) is 0 Å². The molecule has 0 radical (unpaired) electrons. The van der Waals surface area contributed by atoms with Crippen LogP contribution in [0.4, 0.5) is 0 Å². The van der Waals surface area contributed by atoms with Gasteiger partial charge in [-0.15, -0.1) is 0 Å². The van der Waals surface area contributed by atoms with Gasteiger partial charge in [0.1, 0.15) is 0 Å². The third kappa shape index (κ3) is 5.02. The normalized spacial score (nSPS) is 16.1. The summed E-state index contributed by atoms with van der Waals surface area (Å²) in [6.07, 6.45) is 9.62. The van der Waals surface area contributed by atoms with Crippen molar-refractivity contribution in [3.8, 4) is 16.8 Å². The predicted molar refractivity (Wildman–Crippen MR) is 227 cm³/mol. The molecule has 3 aliphatic rings. The van der Waals surface area contributed by atoms with Gasteiger partial charge in [0.25, 0.3) is 0 Å². The van der Waals surface area contributed by atoms with Crippen molar-refractivity contribution in [2.24, 2.45) is 0 Å². The minimum absolute atomic E-state index is 0.0711. The molecule has 0 atom stereocenters. The molecular formula is C51H45N3. The van der Waals surface area contributed by atoms with Crippen molar-refractivity contribution >= 4 is 33.1 Å².